The molecule has 0 bridgehead atoms. The van der Waals surface area contributed by atoms with Crippen LogP contribution in [0.3, 0.4) is 0 Å². The average molecular weight is 818 g/mol. The second-order valence-electron chi connectivity index (χ2n) is 14.7. The van der Waals surface area contributed by atoms with Gasteiger partial charge in [-0.25, -0.2) is 14.4 Å². The van der Waals surface area contributed by atoms with Crippen LogP contribution in [0.25, 0.3) is 10.9 Å². The van der Waals surface area contributed by atoms with E-state index in [1.165, 1.54) is 13.3 Å². The lowest BCUT2D eigenvalue weighted by Gasteiger charge is -2.24. The zero-order valence-corrected chi connectivity index (χ0v) is 33.2. The van der Waals surface area contributed by atoms with E-state index < -0.39 is 110 Å². The zero-order chi connectivity index (χ0) is 43.1. The molecule has 1 aromatic heterocycles. The molecule has 0 spiro atoms. The summed E-state index contributed by atoms with van der Waals surface area (Å²) >= 11 is 0. The van der Waals surface area contributed by atoms with Crippen molar-refractivity contribution in [2.45, 2.75) is 96.5 Å². The van der Waals surface area contributed by atoms with Gasteiger partial charge in [-0.05, 0) is 42.4 Å². The monoisotopic (exact) mass is 817 g/mol. The number of hydrogen-bond donors (Lipinski definition) is 10. The molecule has 1 aromatic carbocycles. The molecular weight excluding hydrogens is 762 g/mol. The molecule has 2 heterocycles. The first-order chi connectivity index (χ1) is 27.4. The fourth-order valence-electron chi connectivity index (χ4n) is 6.78. The summed E-state index contributed by atoms with van der Waals surface area (Å²) in [4.78, 5) is 106. The number of aliphatic hydroxyl groups excluding tert-OH is 1. The molecule has 1 saturated heterocycles. The number of hydrogen-bond acceptors (Lipinski definition) is 11. The number of fused-ring (bicyclic) bond motifs is 1. The van der Waals surface area contributed by atoms with Crippen LogP contribution in [0.15, 0.2) is 24.4 Å². The van der Waals surface area contributed by atoms with Crippen molar-refractivity contribution in [1.29, 1.82) is 0 Å². The number of aliphatic carboxylic acids is 2. The van der Waals surface area contributed by atoms with E-state index in [2.05, 4.69) is 50.7 Å². The van der Waals surface area contributed by atoms with Crippen LogP contribution in [0.5, 0.6) is 5.75 Å². The van der Waals surface area contributed by atoms with Crippen LogP contribution in [-0.2, 0) is 44.7 Å². The number of aromatic nitrogens is 1. The highest BCUT2D eigenvalue weighted by atomic mass is 16.5. The third kappa shape index (κ3) is 13.9. The smallest absolute Gasteiger partial charge is 0.330 e. The third-order valence-electron chi connectivity index (χ3n) is 9.66. The summed E-state index contributed by atoms with van der Waals surface area (Å²) in [5, 5.41) is 44.4. The third-order valence-corrected chi connectivity index (χ3v) is 9.66. The second-order valence-corrected chi connectivity index (χ2v) is 14.7. The Kier molecular flexibility index (Phi) is 17.7. The predicted octanol–water partition coefficient (Wildman–Crippen LogP) is -0.0770. The van der Waals surface area contributed by atoms with Crippen molar-refractivity contribution in [3.63, 3.8) is 0 Å². The van der Waals surface area contributed by atoms with Crippen molar-refractivity contribution in [2.24, 2.45) is 17.8 Å². The van der Waals surface area contributed by atoms with Crippen molar-refractivity contribution in [3.05, 3.63) is 30.0 Å². The minimum Gasteiger partial charge on any atom is -0.496 e. The van der Waals surface area contributed by atoms with Gasteiger partial charge in [-0.1, -0.05) is 46.6 Å². The van der Waals surface area contributed by atoms with Crippen LogP contribution in [0, 0.1) is 17.8 Å². The molecule has 8 unspecified atom stereocenters. The molecule has 0 aliphatic carbocycles. The first kappa shape index (κ1) is 46.5. The number of carbonyl (C=O) groups excluding carboxylic acids is 6. The summed E-state index contributed by atoms with van der Waals surface area (Å²) in [5.74, 6) is -7.55. The number of benzene rings is 1. The molecule has 320 valence electrons. The number of aromatic amines is 1. The molecule has 2 aromatic rings. The maximum absolute atomic E-state index is 13.5. The van der Waals surface area contributed by atoms with Gasteiger partial charge >= 0.3 is 23.9 Å². The topological polar surface area (TPSA) is 304 Å². The summed E-state index contributed by atoms with van der Waals surface area (Å²) in [6.45, 7) is 5.94. The minimum absolute atomic E-state index is 0.216. The average Bonchev–Trinajstić information content (AvgIpc) is 3.58. The van der Waals surface area contributed by atoms with E-state index in [-0.39, 0.29) is 12.3 Å². The molecule has 1 fully saturated rings. The lowest BCUT2D eigenvalue weighted by molar-refractivity contribution is -0.153. The Hall–Kier alpha value is -5.92. The Bertz CT molecular complexity index is 1800. The van der Waals surface area contributed by atoms with Gasteiger partial charge in [0.1, 0.15) is 36.5 Å². The van der Waals surface area contributed by atoms with Crippen LogP contribution in [-0.4, -0.2) is 125 Å². The number of H-pyrrole nitrogens is 1. The Morgan fingerprint density at radius 3 is 2.31 bits per heavy atom. The van der Waals surface area contributed by atoms with Gasteiger partial charge in [0.05, 0.1) is 20.1 Å². The van der Waals surface area contributed by atoms with Crippen molar-refractivity contribution >= 4 is 58.5 Å². The highest BCUT2D eigenvalue weighted by molar-refractivity contribution is 5.96. The molecular formula is C38H55N7O13. The van der Waals surface area contributed by atoms with Crippen molar-refractivity contribution in [3.8, 4) is 5.75 Å². The Labute approximate surface area is 334 Å². The molecule has 1 aliphatic heterocycles. The molecule has 1 aliphatic rings. The van der Waals surface area contributed by atoms with Crippen molar-refractivity contribution < 1.29 is 63.1 Å². The van der Waals surface area contributed by atoms with Gasteiger partial charge in [0.2, 0.25) is 17.7 Å². The van der Waals surface area contributed by atoms with Crippen LogP contribution >= 0.6 is 0 Å². The first-order valence-electron chi connectivity index (χ1n) is 19.1. The predicted molar refractivity (Wildman–Crippen MR) is 206 cm³/mol. The van der Waals surface area contributed by atoms with Gasteiger partial charge in [-0.15, -0.1) is 0 Å². The normalized spacial score (nSPS) is 20.4. The fourth-order valence-corrected chi connectivity index (χ4v) is 6.78. The van der Waals surface area contributed by atoms with E-state index in [0.29, 0.717) is 34.6 Å². The van der Waals surface area contributed by atoms with Gasteiger partial charge < -0.3 is 61.7 Å². The van der Waals surface area contributed by atoms with Gasteiger partial charge in [-0.3, -0.25) is 24.0 Å². The Morgan fingerprint density at radius 1 is 0.948 bits per heavy atom. The van der Waals surface area contributed by atoms with Crippen LogP contribution in [0.2, 0.25) is 0 Å². The van der Waals surface area contributed by atoms with Crippen molar-refractivity contribution in [1.82, 2.24) is 36.9 Å². The molecule has 20 nitrogen and oxygen atoms in total. The van der Waals surface area contributed by atoms with Gasteiger partial charge in [0.15, 0.2) is 6.10 Å². The summed E-state index contributed by atoms with van der Waals surface area (Å²) < 4.78 is 10.5. The number of carbonyl (C=O) groups is 8. The summed E-state index contributed by atoms with van der Waals surface area (Å²) in [6, 6.07) is -2.46. The standard InChI is InChI=1S/C38H55N7O13/c1-6-8-19(2)11-20(3)12-21(4)32(49)45-27-17-41-38(56)40-16-26(44-35(52)28(46)18-58-37(27)55)34(51)42-24(14-30(47)48)33(50)43-25(36(53)54)13-22-15-39-23-9-7-10-29(57-5)31(22)23/h7,9-10,15,19-21,24-28,39,46H,6,8,11-14,16-18H2,1-5H3,(H,42,51)(H,43,50)(H,44,52)(H,45,49)(H,47,48)(H,53,54)(H2,40,41,56). The maximum atomic E-state index is 13.5. The fraction of sp³-hybridized carbons (Fsp3) is 0.579. The second kappa shape index (κ2) is 22.1. The Morgan fingerprint density at radius 2 is 1.66 bits per heavy atom. The quantitative estimate of drug-likeness (QED) is 0.0882. The molecule has 10 N–H and O–H groups in total. The molecule has 0 radical (unpaired) electrons. The number of urea groups is 1. The Balaban J connectivity index is 1.71. The van der Waals surface area contributed by atoms with Gasteiger partial charge in [-0.2, -0.15) is 0 Å². The maximum Gasteiger partial charge on any atom is 0.330 e. The van der Waals surface area contributed by atoms with E-state index in [9.17, 15) is 53.7 Å². The number of methoxy groups -OCH3 is 1. The van der Waals surface area contributed by atoms with E-state index in [0.717, 1.165) is 19.3 Å². The van der Waals surface area contributed by atoms with Gasteiger partial charge in [0.25, 0.3) is 5.91 Å². The number of rotatable bonds is 18. The zero-order valence-electron chi connectivity index (χ0n) is 33.2. The molecule has 20 heteroatoms. The molecule has 8 atom stereocenters. The number of cyclic esters (lactones) is 1. The highest BCUT2D eigenvalue weighted by Crippen LogP contribution is 2.29. The van der Waals surface area contributed by atoms with Crippen LogP contribution in [0.4, 0.5) is 4.79 Å². The summed E-state index contributed by atoms with van der Waals surface area (Å²) in [7, 11) is 1.43. The minimum atomic E-state index is -2.04. The number of carboxylic acids is 2. The number of ether oxygens (including phenoxy) is 2. The van der Waals surface area contributed by atoms with Gasteiger partial charge in [0, 0.05) is 36.0 Å². The number of amides is 6. The molecule has 6 amide bonds. The summed E-state index contributed by atoms with van der Waals surface area (Å²) in [5.41, 5.74) is 1.09. The number of nitrogens with one attached hydrogen (secondary N) is 7. The van der Waals surface area contributed by atoms with Crippen LogP contribution in [0.1, 0.15) is 65.4 Å². The molecule has 0 saturated carbocycles. The van der Waals surface area contributed by atoms with E-state index in [4.69, 9.17) is 9.47 Å². The highest BCUT2D eigenvalue weighted by Gasteiger charge is 2.34. The number of carboxylic acid groups (broad SMARTS) is 2. The number of esters is 1. The SMILES string of the molecule is CCCC(C)CC(C)CC(C)C(=O)NC1CNC(=O)NCC(C(=O)NC(CC(=O)O)C(=O)NC(Cc2c[nH]c3cccc(OC)c23)C(=O)O)NC(=O)C(O)COC1=O. The summed E-state index contributed by atoms with van der Waals surface area (Å²) in [6.07, 6.45) is 1.77. The largest absolute Gasteiger partial charge is 0.496 e. The lowest BCUT2D eigenvalue weighted by Crippen LogP contribution is -2.60. The number of aliphatic hydroxyl groups is 1. The molecule has 3 rings (SSSR count). The van der Waals surface area contributed by atoms with Crippen LogP contribution < -0.4 is 36.6 Å². The van der Waals surface area contributed by atoms with E-state index >= 15 is 0 Å². The first-order valence-corrected chi connectivity index (χ1v) is 19.1. The van der Waals surface area contributed by atoms with E-state index in [1.54, 1.807) is 25.1 Å². The molecule has 58 heavy (non-hydrogen) atoms. The lowest BCUT2D eigenvalue weighted by atomic mass is 9.87. The van der Waals surface area contributed by atoms with Crippen molar-refractivity contribution in [2.75, 3.05) is 26.8 Å². The van der Waals surface area contributed by atoms with E-state index in [1.807, 2.05) is 6.92 Å².